The predicted molar refractivity (Wildman–Crippen MR) is 64.2 cm³/mol. The van der Waals surface area contributed by atoms with Crippen LogP contribution in [0, 0.1) is 0 Å². The number of likely N-dealkylation sites (N-methyl/N-ethyl adjacent to an activating group) is 1. The van der Waals surface area contributed by atoms with Crippen molar-refractivity contribution in [1.29, 1.82) is 0 Å². The second kappa shape index (κ2) is 5.25. The van der Waals surface area contributed by atoms with Crippen LogP contribution in [0.1, 0.15) is 5.69 Å². The Balaban J connectivity index is 2.10. The largest absolute Gasteiger partial charge is 0.415 e. The van der Waals surface area contributed by atoms with Crippen molar-refractivity contribution < 1.29 is 18.3 Å². The van der Waals surface area contributed by atoms with Crippen molar-refractivity contribution in [3.05, 3.63) is 34.4 Å². The molecule has 0 aromatic carbocycles. The minimum absolute atomic E-state index is 0.0318. The van der Waals surface area contributed by atoms with Gasteiger partial charge in [-0.2, -0.15) is 13.2 Å². The summed E-state index contributed by atoms with van der Waals surface area (Å²) in [4.78, 5) is 17.1. The zero-order valence-corrected chi connectivity index (χ0v) is 10.6. The van der Waals surface area contributed by atoms with E-state index in [0.29, 0.717) is 11.3 Å². The highest BCUT2D eigenvalue weighted by Gasteiger charge is 2.38. The molecule has 0 saturated carbocycles. The molecule has 2 N–H and O–H groups in total. The van der Waals surface area contributed by atoms with E-state index in [0.717, 1.165) is 0 Å². The first-order chi connectivity index (χ1) is 9.27. The highest BCUT2D eigenvalue weighted by Crippen LogP contribution is 2.20. The van der Waals surface area contributed by atoms with Gasteiger partial charge in [0.25, 0.3) is 5.56 Å². The molecule has 0 aliphatic carbocycles. The van der Waals surface area contributed by atoms with E-state index in [4.69, 9.17) is 5.11 Å². The van der Waals surface area contributed by atoms with Gasteiger partial charge in [0.15, 0.2) is 11.8 Å². The first-order valence-electron chi connectivity index (χ1n) is 5.77. The summed E-state index contributed by atoms with van der Waals surface area (Å²) in [7, 11) is 1.41. The highest BCUT2D eigenvalue weighted by molar-refractivity contribution is 5.36. The lowest BCUT2D eigenvalue weighted by Gasteiger charge is -2.21. The van der Waals surface area contributed by atoms with Crippen LogP contribution in [0.15, 0.2) is 23.1 Å². The van der Waals surface area contributed by atoms with Crippen molar-refractivity contribution in [3.63, 3.8) is 0 Å². The van der Waals surface area contributed by atoms with E-state index < -0.39 is 18.8 Å². The number of nitrogens with one attached hydrogen (secondary N) is 1. The topological polar surface area (TPSA) is 73.6 Å². The van der Waals surface area contributed by atoms with Gasteiger partial charge in [0, 0.05) is 31.4 Å². The summed E-state index contributed by atoms with van der Waals surface area (Å²) in [6.07, 6.45) is -5.55. The normalized spacial score (nSPS) is 14.1. The first-order valence-corrected chi connectivity index (χ1v) is 5.77. The number of aromatic nitrogens is 3. The molecule has 0 aliphatic heterocycles. The third-order valence-electron chi connectivity index (χ3n) is 2.73. The van der Waals surface area contributed by atoms with Gasteiger partial charge in [-0.05, 0) is 7.05 Å². The van der Waals surface area contributed by atoms with Crippen LogP contribution in [0.2, 0.25) is 0 Å². The molecule has 2 aromatic rings. The fraction of sp³-hybridized carbons (Fsp3) is 0.455. The molecule has 0 bridgehead atoms. The van der Waals surface area contributed by atoms with Crippen LogP contribution < -0.4 is 5.56 Å². The molecule has 1 atom stereocenters. The van der Waals surface area contributed by atoms with Crippen molar-refractivity contribution >= 4 is 5.65 Å². The average Bonchev–Trinajstić information content (AvgIpc) is 2.75. The van der Waals surface area contributed by atoms with Gasteiger partial charge < -0.3 is 5.11 Å². The van der Waals surface area contributed by atoms with Crippen LogP contribution in [-0.4, -0.2) is 50.5 Å². The van der Waals surface area contributed by atoms with E-state index in [-0.39, 0.29) is 12.1 Å². The number of nitrogens with zero attached hydrogens (tertiary/aromatic N) is 3. The summed E-state index contributed by atoms with van der Waals surface area (Å²) in [5, 5.41) is 11.6. The molecule has 0 aliphatic rings. The Morgan fingerprint density at radius 3 is 2.90 bits per heavy atom. The van der Waals surface area contributed by atoms with Crippen LogP contribution in [0.3, 0.4) is 0 Å². The molecule has 0 radical (unpaired) electrons. The Hall–Kier alpha value is -1.87. The van der Waals surface area contributed by atoms with Gasteiger partial charge in [0.1, 0.15) is 0 Å². The van der Waals surface area contributed by atoms with Gasteiger partial charge in [-0.25, -0.2) is 9.50 Å². The quantitative estimate of drug-likeness (QED) is 0.853. The second-order valence-electron chi connectivity index (χ2n) is 4.50. The van der Waals surface area contributed by atoms with E-state index in [9.17, 15) is 18.0 Å². The highest BCUT2D eigenvalue weighted by atomic mass is 19.4. The molecule has 2 heterocycles. The molecular formula is C11H13F3N4O2. The number of halogens is 3. The van der Waals surface area contributed by atoms with E-state index in [1.54, 1.807) is 6.07 Å². The molecule has 0 saturated heterocycles. The third-order valence-corrected chi connectivity index (χ3v) is 2.73. The molecule has 20 heavy (non-hydrogen) atoms. The van der Waals surface area contributed by atoms with Crippen molar-refractivity contribution in [2.24, 2.45) is 0 Å². The first kappa shape index (κ1) is 14.5. The Bertz CT molecular complexity index is 649. The number of hydrogen-bond donors (Lipinski definition) is 2. The fourth-order valence-corrected chi connectivity index (χ4v) is 1.80. The number of alkyl halides is 3. The van der Waals surface area contributed by atoms with E-state index in [2.05, 4.69) is 10.1 Å². The van der Waals surface area contributed by atoms with E-state index >= 15 is 0 Å². The van der Waals surface area contributed by atoms with Crippen LogP contribution >= 0.6 is 0 Å². The second-order valence-corrected chi connectivity index (χ2v) is 4.50. The Morgan fingerprint density at radius 2 is 2.25 bits per heavy atom. The van der Waals surface area contributed by atoms with Gasteiger partial charge in [0.05, 0.1) is 5.69 Å². The third kappa shape index (κ3) is 3.17. The maximum atomic E-state index is 12.2. The number of rotatable bonds is 4. The minimum Gasteiger partial charge on any atom is -0.382 e. The van der Waals surface area contributed by atoms with Crippen LogP contribution in [0.25, 0.3) is 5.65 Å². The summed E-state index contributed by atoms with van der Waals surface area (Å²) >= 11 is 0. The molecule has 6 nitrogen and oxygen atoms in total. The molecule has 1 unspecified atom stereocenters. The molecular weight excluding hydrogens is 277 g/mol. The lowest BCUT2D eigenvalue weighted by Crippen LogP contribution is -2.39. The van der Waals surface area contributed by atoms with E-state index in [1.165, 1.54) is 28.7 Å². The number of aliphatic hydroxyl groups excluding tert-OH is 1. The molecule has 2 rings (SSSR count). The number of aliphatic hydroxyl groups is 1. The average molecular weight is 290 g/mol. The molecule has 0 fully saturated rings. The summed E-state index contributed by atoms with van der Waals surface area (Å²) in [5.41, 5.74) is 0.378. The maximum Gasteiger partial charge on any atom is 0.415 e. The predicted octanol–water partition coefficient (Wildman–Crippen LogP) is 0.378. The van der Waals surface area contributed by atoms with Crippen molar-refractivity contribution in [3.8, 4) is 0 Å². The minimum atomic E-state index is -4.66. The monoisotopic (exact) mass is 290 g/mol. The molecule has 2 aromatic heterocycles. The van der Waals surface area contributed by atoms with Crippen LogP contribution in [0.5, 0.6) is 0 Å². The van der Waals surface area contributed by atoms with Gasteiger partial charge in [0.2, 0.25) is 0 Å². The number of hydrogen-bond acceptors (Lipinski definition) is 4. The van der Waals surface area contributed by atoms with Crippen LogP contribution in [0.4, 0.5) is 13.2 Å². The summed E-state index contributed by atoms with van der Waals surface area (Å²) in [5.74, 6) is 0. The molecule has 110 valence electrons. The van der Waals surface area contributed by atoms with Gasteiger partial charge in [-0.3, -0.25) is 14.8 Å². The Labute approximate surface area is 111 Å². The standard InChI is InChI=1S/C11H13F3N4O2/c1-17(6-8(19)11(12,13)14)5-7-4-10(20)18-9(16-7)2-3-15-18/h2-4,8,15,19H,5-6H2,1H3. The molecule has 0 amide bonds. The Morgan fingerprint density at radius 1 is 1.55 bits per heavy atom. The maximum absolute atomic E-state index is 12.2. The van der Waals surface area contributed by atoms with E-state index in [1.807, 2.05) is 0 Å². The summed E-state index contributed by atoms with van der Waals surface area (Å²) in [6.45, 7) is -0.554. The van der Waals surface area contributed by atoms with Gasteiger partial charge >= 0.3 is 6.18 Å². The zero-order valence-electron chi connectivity index (χ0n) is 10.6. The van der Waals surface area contributed by atoms with Crippen molar-refractivity contribution in [1.82, 2.24) is 19.5 Å². The van der Waals surface area contributed by atoms with Crippen molar-refractivity contribution in [2.75, 3.05) is 13.6 Å². The van der Waals surface area contributed by atoms with Gasteiger partial charge in [-0.15, -0.1) is 0 Å². The lowest BCUT2D eigenvalue weighted by atomic mass is 10.3. The summed E-state index contributed by atoms with van der Waals surface area (Å²) in [6, 6.07) is 2.81. The fourth-order valence-electron chi connectivity index (χ4n) is 1.80. The van der Waals surface area contributed by atoms with Crippen molar-refractivity contribution in [2.45, 2.75) is 18.8 Å². The lowest BCUT2D eigenvalue weighted by molar-refractivity contribution is -0.207. The number of fused-ring (bicyclic) bond motifs is 1. The number of aromatic amines is 1. The smallest absolute Gasteiger partial charge is 0.382 e. The molecule has 0 spiro atoms. The van der Waals surface area contributed by atoms with Gasteiger partial charge in [-0.1, -0.05) is 0 Å². The summed E-state index contributed by atoms with van der Waals surface area (Å²) < 4.78 is 37.9. The number of H-pyrrole nitrogens is 1. The van der Waals surface area contributed by atoms with Crippen LogP contribution in [-0.2, 0) is 6.54 Å². The zero-order chi connectivity index (χ0) is 14.9. The SMILES string of the molecule is CN(Cc1cc(=O)n2[nH]ccc2n1)CC(O)C(F)(F)F. The Kier molecular flexibility index (Phi) is 3.82. The molecule has 9 heteroatoms.